The zero-order valence-electron chi connectivity index (χ0n) is 23.4. The Morgan fingerprint density at radius 2 is 0.952 bits per heavy atom. The second kappa shape index (κ2) is 13.0. The van der Waals surface area contributed by atoms with Gasteiger partial charge in [-0.3, -0.25) is 4.79 Å². The normalized spacial score (nSPS) is 13.6. The predicted molar refractivity (Wildman–Crippen MR) is 161 cm³/mol. The number of hydrogen-bond donors (Lipinski definition) is 3. The van der Waals surface area contributed by atoms with E-state index in [0.29, 0.717) is 30.4 Å². The number of hydrogen-bond acceptors (Lipinski definition) is 4. The van der Waals surface area contributed by atoms with Crippen LogP contribution in [0.25, 0.3) is 0 Å². The molecule has 8 aliphatic carbocycles. The number of rotatable bonds is 4. The Balaban J connectivity index is 0.000000168. The highest BCUT2D eigenvalue weighted by Crippen LogP contribution is 2.23. The van der Waals surface area contributed by atoms with Crippen LogP contribution in [-0.2, 0) is 58.0 Å². The number of aldehydes is 1. The minimum Gasteiger partial charge on any atom is -0.478 e. The molecule has 8 bridgehead atoms. The molecule has 4 aromatic carbocycles. The summed E-state index contributed by atoms with van der Waals surface area (Å²) in [6.45, 7) is 0.0343. The number of carboxylic acids is 2. The summed E-state index contributed by atoms with van der Waals surface area (Å²) in [6, 6.07) is 23.7. The summed E-state index contributed by atoms with van der Waals surface area (Å²) in [4.78, 5) is 34.1. The van der Waals surface area contributed by atoms with Gasteiger partial charge in [-0.1, -0.05) is 54.6 Å². The first kappa shape index (κ1) is 29.0. The number of benzene rings is 4. The molecule has 0 saturated carbocycles. The van der Waals surface area contributed by atoms with Crippen LogP contribution in [0, 0.1) is 0 Å². The number of carbonyl (C=O) groups excluding carboxylic acids is 1. The highest BCUT2D eigenvalue weighted by atomic mass is 16.4. The molecule has 0 heterocycles. The highest BCUT2D eigenvalue weighted by molar-refractivity contribution is 5.90. The van der Waals surface area contributed by atoms with Gasteiger partial charge in [0.2, 0.25) is 0 Å². The van der Waals surface area contributed by atoms with Crippen molar-refractivity contribution in [1.29, 1.82) is 0 Å². The largest absolute Gasteiger partial charge is 0.478 e. The van der Waals surface area contributed by atoms with E-state index in [-0.39, 0.29) is 6.61 Å². The fourth-order valence-electron chi connectivity index (χ4n) is 5.87. The molecule has 0 atom stereocenters. The van der Waals surface area contributed by atoms with Crippen molar-refractivity contribution in [2.24, 2.45) is 0 Å². The third-order valence-corrected chi connectivity index (χ3v) is 8.32. The highest BCUT2D eigenvalue weighted by Gasteiger charge is 2.15. The van der Waals surface area contributed by atoms with Crippen LogP contribution in [0.4, 0.5) is 0 Å². The number of aryl methyl sites for hydroxylation is 8. The zero-order valence-corrected chi connectivity index (χ0v) is 23.4. The van der Waals surface area contributed by atoms with Gasteiger partial charge >= 0.3 is 11.9 Å². The van der Waals surface area contributed by atoms with Crippen LogP contribution in [0.3, 0.4) is 0 Å². The smallest absolute Gasteiger partial charge is 0.335 e. The van der Waals surface area contributed by atoms with Crippen LogP contribution in [0.5, 0.6) is 0 Å². The van der Waals surface area contributed by atoms with Crippen LogP contribution in [-0.4, -0.2) is 33.5 Å². The molecule has 0 spiro atoms. The van der Waals surface area contributed by atoms with Crippen molar-refractivity contribution in [2.75, 3.05) is 0 Å². The Morgan fingerprint density at radius 3 is 1.43 bits per heavy atom. The van der Waals surface area contributed by atoms with Crippen molar-refractivity contribution in [3.8, 4) is 0 Å². The second-order valence-electron chi connectivity index (χ2n) is 11.0. The summed E-state index contributed by atoms with van der Waals surface area (Å²) in [5.74, 6) is -1.74. The molecule has 0 aromatic heterocycles. The van der Waals surface area contributed by atoms with Crippen molar-refractivity contribution in [3.05, 3.63) is 140 Å². The van der Waals surface area contributed by atoms with Gasteiger partial charge in [-0.05, 0) is 120 Å². The maximum atomic E-state index is 11.4. The summed E-state index contributed by atoms with van der Waals surface area (Å²) < 4.78 is 0. The molecule has 3 N–H and O–H groups in total. The molecule has 0 saturated heterocycles. The molecule has 0 unspecified atom stereocenters. The van der Waals surface area contributed by atoms with Gasteiger partial charge in [0.15, 0.2) is 0 Å². The lowest BCUT2D eigenvalue weighted by molar-refractivity contribution is 0.0684. The van der Waals surface area contributed by atoms with Gasteiger partial charge in [-0.2, -0.15) is 0 Å². The lowest BCUT2D eigenvalue weighted by Gasteiger charge is -2.14. The van der Waals surface area contributed by atoms with E-state index in [0.717, 1.165) is 88.5 Å². The Hall–Kier alpha value is -4.55. The summed E-state index contributed by atoms with van der Waals surface area (Å²) in [5.41, 5.74) is 10.6. The molecule has 8 aliphatic rings. The van der Waals surface area contributed by atoms with E-state index < -0.39 is 11.9 Å². The number of carboxylic acid groups (broad SMARTS) is 2. The standard InChI is InChI=1S/C18H18O3.C18H16O3/c2*19-11-16-9-12-1-2-13-4-6-15(17(10-13)18(20)21)8-7-14(16)5-3-12/h3-6,9-10,19H,1-2,7-8,11H2,(H,20,21);3-6,9-11H,1-2,7-8H2,(H,20,21). The Labute approximate surface area is 245 Å². The topological polar surface area (TPSA) is 112 Å². The van der Waals surface area contributed by atoms with Gasteiger partial charge in [0.1, 0.15) is 6.29 Å². The third-order valence-electron chi connectivity index (χ3n) is 8.32. The zero-order chi connectivity index (χ0) is 29.6. The lowest BCUT2D eigenvalue weighted by Crippen LogP contribution is -2.08. The molecular formula is C36H34O6. The van der Waals surface area contributed by atoms with Crippen LogP contribution >= 0.6 is 0 Å². The van der Waals surface area contributed by atoms with Crippen molar-refractivity contribution in [1.82, 2.24) is 0 Å². The number of aromatic carboxylic acids is 2. The third kappa shape index (κ3) is 6.67. The number of aliphatic hydroxyl groups is 1. The monoisotopic (exact) mass is 562 g/mol. The van der Waals surface area contributed by atoms with E-state index in [2.05, 4.69) is 24.3 Å². The molecule has 12 rings (SSSR count). The van der Waals surface area contributed by atoms with E-state index in [4.69, 9.17) is 0 Å². The van der Waals surface area contributed by atoms with Gasteiger partial charge in [0.25, 0.3) is 0 Å². The van der Waals surface area contributed by atoms with Crippen LogP contribution in [0.15, 0.2) is 72.8 Å². The van der Waals surface area contributed by atoms with Crippen molar-refractivity contribution in [2.45, 2.75) is 58.0 Å². The average Bonchev–Trinajstić information content (AvgIpc) is 2.99. The van der Waals surface area contributed by atoms with Crippen LogP contribution in [0.1, 0.15) is 81.1 Å². The van der Waals surface area contributed by atoms with Crippen molar-refractivity contribution >= 4 is 18.2 Å². The van der Waals surface area contributed by atoms with Crippen LogP contribution < -0.4 is 0 Å². The van der Waals surface area contributed by atoms with E-state index in [1.165, 1.54) is 5.56 Å². The summed E-state index contributed by atoms with van der Waals surface area (Å²) in [7, 11) is 0. The van der Waals surface area contributed by atoms with E-state index >= 15 is 0 Å². The summed E-state index contributed by atoms with van der Waals surface area (Å²) in [5, 5.41) is 28.3. The number of carbonyl (C=O) groups is 3. The molecule has 214 valence electrons. The average molecular weight is 563 g/mol. The quantitative estimate of drug-likeness (QED) is 0.270. The molecule has 0 aliphatic heterocycles. The Kier molecular flexibility index (Phi) is 8.94. The van der Waals surface area contributed by atoms with Gasteiger partial charge < -0.3 is 15.3 Å². The molecule has 0 radical (unpaired) electrons. The lowest BCUT2D eigenvalue weighted by atomic mass is 9.91. The van der Waals surface area contributed by atoms with Gasteiger partial charge in [0.05, 0.1) is 17.7 Å². The van der Waals surface area contributed by atoms with E-state index in [9.17, 15) is 29.7 Å². The van der Waals surface area contributed by atoms with Crippen molar-refractivity contribution < 1.29 is 29.7 Å². The maximum absolute atomic E-state index is 11.4. The summed E-state index contributed by atoms with van der Waals surface area (Å²) in [6.07, 6.45) is 6.86. The van der Waals surface area contributed by atoms with Gasteiger partial charge in [-0.25, -0.2) is 9.59 Å². The molecule has 0 fully saturated rings. The molecule has 42 heavy (non-hydrogen) atoms. The first-order chi connectivity index (χ1) is 20.3. The molecule has 6 nitrogen and oxygen atoms in total. The fraction of sp³-hybridized carbons (Fsp3) is 0.250. The van der Waals surface area contributed by atoms with Gasteiger partial charge in [-0.15, -0.1) is 0 Å². The minimum absolute atomic E-state index is 0.0343. The number of aliphatic hydroxyl groups excluding tert-OH is 1. The molecular weight excluding hydrogens is 528 g/mol. The molecule has 4 aromatic rings. The fourth-order valence-corrected chi connectivity index (χ4v) is 5.87. The maximum Gasteiger partial charge on any atom is 0.335 e. The van der Waals surface area contributed by atoms with Crippen molar-refractivity contribution in [3.63, 3.8) is 0 Å². The predicted octanol–water partition coefficient (Wildman–Crippen LogP) is 5.84. The second-order valence-corrected chi connectivity index (χ2v) is 11.0. The summed E-state index contributed by atoms with van der Waals surface area (Å²) >= 11 is 0. The van der Waals surface area contributed by atoms with Crippen LogP contribution in [0.2, 0.25) is 0 Å². The SMILES string of the molecule is O=C(O)c1cc2ccc1CCc1ccc(cc1CO)CC2.O=Cc1cc2ccc1CCc1ccc(cc1C(=O)O)CC2. The first-order valence-corrected chi connectivity index (χ1v) is 14.3. The van der Waals surface area contributed by atoms with E-state index in [1.54, 1.807) is 12.1 Å². The first-order valence-electron chi connectivity index (χ1n) is 14.3. The van der Waals surface area contributed by atoms with E-state index in [1.807, 2.05) is 36.4 Å². The molecule has 6 heteroatoms. The minimum atomic E-state index is -0.881. The Morgan fingerprint density at radius 1 is 0.548 bits per heavy atom. The van der Waals surface area contributed by atoms with Gasteiger partial charge in [0, 0.05) is 5.56 Å². The Bertz CT molecular complexity index is 1650. The molecule has 0 amide bonds.